The van der Waals surface area contributed by atoms with Crippen molar-refractivity contribution in [2.24, 2.45) is 11.8 Å². The van der Waals surface area contributed by atoms with Gasteiger partial charge in [0.05, 0.1) is 13.2 Å². The number of hydrogen-bond acceptors (Lipinski definition) is 4. The van der Waals surface area contributed by atoms with E-state index in [4.69, 9.17) is 4.74 Å². The Bertz CT molecular complexity index is 434. The molecule has 0 saturated carbocycles. The second kappa shape index (κ2) is 12.1. The average Bonchev–Trinajstić information content (AvgIpc) is 3.15. The Morgan fingerprint density at radius 1 is 1.08 bits per heavy atom. The first-order valence-electron chi connectivity index (χ1n) is 9.90. The lowest BCUT2D eigenvalue weighted by Gasteiger charge is -2.33. The Labute approximate surface area is 175 Å². The molecule has 7 heteroatoms. The molecular formula is C19H36IN3O3. The van der Waals surface area contributed by atoms with E-state index in [1.54, 1.807) is 0 Å². The number of hydrogen-bond donors (Lipinski definition) is 1. The number of nitrogens with one attached hydrogen (secondary N) is 1. The molecule has 1 unspecified atom stereocenters. The third-order valence-corrected chi connectivity index (χ3v) is 5.44. The van der Waals surface area contributed by atoms with Crippen molar-refractivity contribution in [1.82, 2.24) is 15.1 Å². The van der Waals surface area contributed by atoms with Gasteiger partial charge < -0.3 is 19.9 Å². The minimum atomic E-state index is 0. The molecule has 2 heterocycles. The van der Waals surface area contributed by atoms with Gasteiger partial charge in [0, 0.05) is 44.7 Å². The SMILES string of the molecule is CCOCC(NCC(=O)N1CCC(C(=O)N2CCCC2)CC1)C(C)C.I. The van der Waals surface area contributed by atoms with Crippen molar-refractivity contribution < 1.29 is 14.3 Å². The smallest absolute Gasteiger partial charge is 0.236 e. The molecule has 0 aromatic rings. The fraction of sp³-hybridized carbons (Fsp3) is 0.895. The summed E-state index contributed by atoms with van der Waals surface area (Å²) >= 11 is 0. The number of nitrogens with zero attached hydrogens (tertiary/aromatic N) is 2. The molecule has 0 radical (unpaired) electrons. The van der Waals surface area contributed by atoms with Crippen LogP contribution in [0.3, 0.4) is 0 Å². The van der Waals surface area contributed by atoms with Crippen LogP contribution >= 0.6 is 24.0 Å². The summed E-state index contributed by atoms with van der Waals surface area (Å²) in [6.45, 7) is 11.1. The van der Waals surface area contributed by atoms with Crippen molar-refractivity contribution in [2.45, 2.75) is 52.5 Å². The van der Waals surface area contributed by atoms with Gasteiger partial charge in [0.1, 0.15) is 0 Å². The first-order valence-corrected chi connectivity index (χ1v) is 9.90. The topological polar surface area (TPSA) is 61.9 Å². The molecule has 26 heavy (non-hydrogen) atoms. The summed E-state index contributed by atoms with van der Waals surface area (Å²) in [6.07, 6.45) is 3.86. The first-order chi connectivity index (χ1) is 12.0. The van der Waals surface area contributed by atoms with E-state index in [1.165, 1.54) is 0 Å². The van der Waals surface area contributed by atoms with Crippen LogP contribution in [-0.2, 0) is 14.3 Å². The van der Waals surface area contributed by atoms with Crippen molar-refractivity contribution in [1.29, 1.82) is 0 Å². The van der Waals surface area contributed by atoms with Gasteiger partial charge in [-0.05, 0) is 38.5 Å². The zero-order valence-corrected chi connectivity index (χ0v) is 18.9. The molecule has 0 bridgehead atoms. The second-order valence-electron chi connectivity index (χ2n) is 7.58. The molecule has 1 N–H and O–H groups in total. The van der Waals surface area contributed by atoms with E-state index in [0.29, 0.717) is 44.7 Å². The van der Waals surface area contributed by atoms with Gasteiger partial charge in [-0.15, -0.1) is 24.0 Å². The van der Waals surface area contributed by atoms with Gasteiger partial charge >= 0.3 is 0 Å². The van der Waals surface area contributed by atoms with E-state index in [9.17, 15) is 9.59 Å². The summed E-state index contributed by atoms with van der Waals surface area (Å²) < 4.78 is 5.49. The lowest BCUT2D eigenvalue weighted by molar-refractivity contribution is -0.139. The monoisotopic (exact) mass is 481 g/mol. The van der Waals surface area contributed by atoms with Gasteiger partial charge in [-0.25, -0.2) is 0 Å². The average molecular weight is 481 g/mol. The fourth-order valence-corrected chi connectivity index (χ4v) is 3.63. The summed E-state index contributed by atoms with van der Waals surface area (Å²) in [5, 5.41) is 3.34. The van der Waals surface area contributed by atoms with E-state index in [1.807, 2.05) is 16.7 Å². The van der Waals surface area contributed by atoms with Gasteiger partial charge in [0.15, 0.2) is 0 Å². The summed E-state index contributed by atoms with van der Waals surface area (Å²) in [6, 6.07) is 0.193. The molecule has 2 amide bonds. The van der Waals surface area contributed by atoms with E-state index < -0.39 is 0 Å². The van der Waals surface area contributed by atoms with Crippen molar-refractivity contribution >= 4 is 35.8 Å². The van der Waals surface area contributed by atoms with Crippen LogP contribution < -0.4 is 5.32 Å². The number of amides is 2. The van der Waals surface area contributed by atoms with Gasteiger partial charge in [-0.3, -0.25) is 9.59 Å². The highest BCUT2D eigenvalue weighted by molar-refractivity contribution is 14.0. The quantitative estimate of drug-likeness (QED) is 0.540. The van der Waals surface area contributed by atoms with Gasteiger partial charge in [-0.2, -0.15) is 0 Å². The lowest BCUT2D eigenvalue weighted by Crippen LogP contribution is -2.48. The third kappa shape index (κ3) is 6.96. The molecule has 2 aliphatic rings. The van der Waals surface area contributed by atoms with Crippen molar-refractivity contribution in [2.75, 3.05) is 45.9 Å². The summed E-state index contributed by atoms with van der Waals surface area (Å²) in [5.74, 6) is 0.966. The normalized spacial score (nSPS) is 19.5. The maximum absolute atomic E-state index is 12.5. The molecule has 2 saturated heterocycles. The summed E-state index contributed by atoms with van der Waals surface area (Å²) in [4.78, 5) is 28.8. The van der Waals surface area contributed by atoms with E-state index in [-0.39, 0.29) is 41.8 Å². The zero-order chi connectivity index (χ0) is 18.2. The number of carbonyl (C=O) groups excluding carboxylic acids is 2. The number of ether oxygens (including phenoxy) is 1. The summed E-state index contributed by atoms with van der Waals surface area (Å²) in [5.41, 5.74) is 0. The van der Waals surface area contributed by atoms with E-state index in [0.717, 1.165) is 38.8 Å². The molecule has 2 rings (SSSR count). The lowest BCUT2D eigenvalue weighted by atomic mass is 9.95. The summed E-state index contributed by atoms with van der Waals surface area (Å²) in [7, 11) is 0. The number of likely N-dealkylation sites (tertiary alicyclic amines) is 2. The highest BCUT2D eigenvalue weighted by Crippen LogP contribution is 2.22. The van der Waals surface area contributed by atoms with Crippen molar-refractivity contribution in [3.05, 3.63) is 0 Å². The third-order valence-electron chi connectivity index (χ3n) is 5.44. The number of piperidine rings is 1. The Morgan fingerprint density at radius 2 is 1.69 bits per heavy atom. The Kier molecular flexibility index (Phi) is 11.0. The molecule has 152 valence electrons. The highest BCUT2D eigenvalue weighted by Gasteiger charge is 2.31. The van der Waals surface area contributed by atoms with Crippen molar-refractivity contribution in [3.8, 4) is 0 Å². The molecule has 0 spiro atoms. The predicted molar refractivity (Wildman–Crippen MR) is 114 cm³/mol. The van der Waals surface area contributed by atoms with Crippen LogP contribution in [0.25, 0.3) is 0 Å². The van der Waals surface area contributed by atoms with E-state index >= 15 is 0 Å². The minimum absolute atomic E-state index is 0. The van der Waals surface area contributed by atoms with Crippen LogP contribution in [0.5, 0.6) is 0 Å². The Morgan fingerprint density at radius 3 is 2.23 bits per heavy atom. The first kappa shape index (κ1) is 23.6. The number of carbonyl (C=O) groups is 2. The van der Waals surface area contributed by atoms with Crippen LogP contribution in [0.15, 0.2) is 0 Å². The van der Waals surface area contributed by atoms with Crippen LogP contribution in [0, 0.1) is 11.8 Å². The van der Waals surface area contributed by atoms with Gasteiger partial charge in [-0.1, -0.05) is 13.8 Å². The molecule has 2 fully saturated rings. The van der Waals surface area contributed by atoms with Crippen LogP contribution in [0.4, 0.5) is 0 Å². The maximum Gasteiger partial charge on any atom is 0.236 e. The molecule has 6 nitrogen and oxygen atoms in total. The number of rotatable bonds is 8. The maximum atomic E-state index is 12.5. The molecule has 0 aliphatic carbocycles. The predicted octanol–water partition coefficient (Wildman–Crippen LogP) is 2.12. The van der Waals surface area contributed by atoms with E-state index in [2.05, 4.69) is 19.2 Å². The largest absolute Gasteiger partial charge is 0.380 e. The Hall–Kier alpha value is -0.410. The standard InChI is InChI=1S/C19H35N3O3.HI/c1-4-25-14-17(15(2)3)20-13-18(23)21-11-7-16(8-12-21)19(24)22-9-5-6-10-22;/h15-17,20H,4-14H2,1-3H3;1H. The molecule has 1 atom stereocenters. The van der Waals surface area contributed by atoms with Gasteiger partial charge in [0.25, 0.3) is 0 Å². The van der Waals surface area contributed by atoms with Crippen molar-refractivity contribution in [3.63, 3.8) is 0 Å². The van der Waals surface area contributed by atoms with Crippen LogP contribution in [-0.4, -0.2) is 73.6 Å². The molecular weight excluding hydrogens is 445 g/mol. The van der Waals surface area contributed by atoms with Gasteiger partial charge in [0.2, 0.25) is 11.8 Å². The molecule has 2 aliphatic heterocycles. The number of halogens is 1. The zero-order valence-electron chi connectivity index (χ0n) is 16.5. The Balaban J connectivity index is 0.00000338. The van der Waals surface area contributed by atoms with Crippen LogP contribution in [0.2, 0.25) is 0 Å². The fourth-order valence-electron chi connectivity index (χ4n) is 3.63. The molecule has 0 aromatic carbocycles. The highest BCUT2D eigenvalue weighted by atomic mass is 127. The van der Waals surface area contributed by atoms with Crippen LogP contribution in [0.1, 0.15) is 46.5 Å². The minimum Gasteiger partial charge on any atom is -0.380 e. The second-order valence-corrected chi connectivity index (χ2v) is 7.58. The molecule has 0 aromatic heterocycles.